The third-order valence-electron chi connectivity index (χ3n) is 2.54. The van der Waals surface area contributed by atoms with Crippen LogP contribution in [-0.2, 0) is 4.79 Å². The maximum absolute atomic E-state index is 11.3. The van der Waals surface area contributed by atoms with Crippen LogP contribution in [0.2, 0.25) is 0 Å². The molecule has 5 heteroatoms. The minimum absolute atomic E-state index is 0.0398. The average Bonchev–Trinajstić information content (AvgIpc) is 2.38. The van der Waals surface area contributed by atoms with E-state index >= 15 is 0 Å². The zero-order valence-corrected chi connectivity index (χ0v) is 10.6. The lowest BCUT2D eigenvalue weighted by Crippen LogP contribution is -2.34. The topological polar surface area (TPSA) is 76.4 Å². The van der Waals surface area contributed by atoms with Crippen LogP contribution in [-0.4, -0.2) is 43.1 Å². The third-order valence-corrected chi connectivity index (χ3v) is 2.54. The van der Waals surface area contributed by atoms with Crippen molar-refractivity contribution in [2.45, 2.75) is 6.10 Å². The number of carbonyl (C=O) groups is 1. The largest absolute Gasteiger partial charge is 0.387 e. The molecule has 1 rings (SSSR count). The molecule has 2 N–H and O–H groups in total. The summed E-state index contributed by atoms with van der Waals surface area (Å²) in [5, 5.41) is 21.4. The van der Waals surface area contributed by atoms with Gasteiger partial charge in [0, 0.05) is 20.6 Å². The van der Waals surface area contributed by atoms with Crippen LogP contribution in [0.4, 0.5) is 0 Å². The number of amides is 1. The Morgan fingerprint density at radius 3 is 2.56 bits per heavy atom. The van der Waals surface area contributed by atoms with Gasteiger partial charge in [-0.2, -0.15) is 5.26 Å². The van der Waals surface area contributed by atoms with Gasteiger partial charge in [-0.15, -0.1) is 0 Å². The van der Waals surface area contributed by atoms with Crippen LogP contribution < -0.4 is 5.32 Å². The number of aliphatic hydroxyl groups is 1. The van der Waals surface area contributed by atoms with Crippen LogP contribution in [0.1, 0.15) is 17.2 Å². The fourth-order valence-corrected chi connectivity index (χ4v) is 1.37. The van der Waals surface area contributed by atoms with E-state index < -0.39 is 6.10 Å². The van der Waals surface area contributed by atoms with E-state index in [2.05, 4.69) is 5.32 Å². The number of rotatable bonds is 5. The summed E-state index contributed by atoms with van der Waals surface area (Å²) < 4.78 is 0. The van der Waals surface area contributed by atoms with E-state index in [9.17, 15) is 9.90 Å². The molecule has 0 fully saturated rings. The second kappa shape index (κ2) is 6.74. The second-order valence-electron chi connectivity index (χ2n) is 4.17. The Morgan fingerprint density at radius 2 is 2.06 bits per heavy atom. The molecule has 1 amide bonds. The molecular formula is C13H17N3O2. The molecule has 0 spiro atoms. The van der Waals surface area contributed by atoms with E-state index in [1.54, 1.807) is 38.4 Å². The van der Waals surface area contributed by atoms with Crippen molar-refractivity contribution in [2.75, 3.05) is 27.2 Å². The molecule has 1 aromatic rings. The van der Waals surface area contributed by atoms with Gasteiger partial charge in [-0.05, 0) is 17.7 Å². The molecule has 1 unspecified atom stereocenters. The normalized spacial score (nSPS) is 11.7. The maximum Gasteiger partial charge on any atom is 0.236 e. The zero-order valence-electron chi connectivity index (χ0n) is 10.6. The summed E-state index contributed by atoms with van der Waals surface area (Å²) in [4.78, 5) is 12.8. The van der Waals surface area contributed by atoms with Crippen LogP contribution in [0.5, 0.6) is 0 Å². The molecular weight excluding hydrogens is 230 g/mol. The van der Waals surface area contributed by atoms with E-state index in [-0.39, 0.29) is 12.5 Å². The maximum atomic E-state index is 11.3. The standard InChI is InChI=1S/C13H17N3O2/c1-16(2)13(18)9-15-8-12(17)11-5-3-10(7-14)4-6-11/h3-6,12,15,17H,8-9H2,1-2H3. The first-order valence-corrected chi connectivity index (χ1v) is 5.63. The summed E-state index contributed by atoms with van der Waals surface area (Å²) in [5.74, 6) is -0.0398. The van der Waals surface area contributed by atoms with Crippen LogP contribution in [0.25, 0.3) is 0 Å². The molecule has 0 aliphatic rings. The zero-order chi connectivity index (χ0) is 13.5. The van der Waals surface area contributed by atoms with Crippen LogP contribution in [0, 0.1) is 11.3 Å². The molecule has 0 bridgehead atoms. The average molecular weight is 247 g/mol. The molecule has 1 aromatic carbocycles. The van der Waals surface area contributed by atoms with Crippen LogP contribution in [0.3, 0.4) is 0 Å². The summed E-state index contributed by atoms with van der Waals surface area (Å²) in [7, 11) is 3.36. The summed E-state index contributed by atoms with van der Waals surface area (Å²) >= 11 is 0. The molecule has 0 aromatic heterocycles. The van der Waals surface area contributed by atoms with Gasteiger partial charge < -0.3 is 15.3 Å². The number of nitrogens with one attached hydrogen (secondary N) is 1. The van der Waals surface area contributed by atoms with Gasteiger partial charge in [0.1, 0.15) is 0 Å². The van der Waals surface area contributed by atoms with Crippen LogP contribution in [0.15, 0.2) is 24.3 Å². The van der Waals surface area contributed by atoms with Gasteiger partial charge in [0.25, 0.3) is 0 Å². The molecule has 0 radical (unpaired) electrons. The number of nitriles is 1. The van der Waals surface area contributed by atoms with Crippen molar-refractivity contribution < 1.29 is 9.90 Å². The van der Waals surface area contributed by atoms with Crippen molar-refractivity contribution in [3.8, 4) is 6.07 Å². The highest BCUT2D eigenvalue weighted by Gasteiger charge is 2.09. The monoisotopic (exact) mass is 247 g/mol. The van der Waals surface area contributed by atoms with Gasteiger partial charge in [0.05, 0.1) is 24.3 Å². The molecule has 0 aliphatic heterocycles. The van der Waals surface area contributed by atoms with Crippen molar-refractivity contribution in [3.05, 3.63) is 35.4 Å². The number of carbonyl (C=O) groups excluding carboxylic acids is 1. The third kappa shape index (κ3) is 4.17. The van der Waals surface area contributed by atoms with Gasteiger partial charge in [0.2, 0.25) is 5.91 Å². The molecule has 18 heavy (non-hydrogen) atoms. The second-order valence-corrected chi connectivity index (χ2v) is 4.17. The van der Waals surface area contributed by atoms with E-state index in [1.165, 1.54) is 4.90 Å². The summed E-state index contributed by atoms with van der Waals surface area (Å²) in [6.07, 6.45) is -0.687. The van der Waals surface area contributed by atoms with Crippen molar-refractivity contribution in [1.29, 1.82) is 5.26 Å². The number of nitrogens with zero attached hydrogens (tertiary/aromatic N) is 2. The summed E-state index contributed by atoms with van der Waals surface area (Å²) in [5.41, 5.74) is 1.28. The van der Waals surface area contributed by atoms with Crippen molar-refractivity contribution >= 4 is 5.91 Å². The molecule has 0 heterocycles. The Morgan fingerprint density at radius 1 is 1.44 bits per heavy atom. The van der Waals surface area contributed by atoms with E-state index in [0.717, 1.165) is 5.56 Å². The SMILES string of the molecule is CN(C)C(=O)CNCC(O)c1ccc(C#N)cc1. The fourth-order valence-electron chi connectivity index (χ4n) is 1.37. The first kappa shape index (κ1) is 14.2. The molecule has 0 aliphatic carbocycles. The van der Waals surface area contributed by atoms with Crippen molar-refractivity contribution in [2.24, 2.45) is 0 Å². The summed E-state index contributed by atoms with van der Waals surface area (Å²) in [6.45, 7) is 0.492. The Bertz CT molecular complexity index is 435. The minimum Gasteiger partial charge on any atom is -0.387 e. The minimum atomic E-state index is -0.687. The van der Waals surface area contributed by atoms with Gasteiger partial charge in [-0.25, -0.2) is 0 Å². The predicted molar refractivity (Wildman–Crippen MR) is 67.7 cm³/mol. The highest BCUT2D eigenvalue weighted by molar-refractivity contribution is 5.77. The Hall–Kier alpha value is -1.90. The van der Waals surface area contributed by atoms with Gasteiger partial charge in [-0.3, -0.25) is 4.79 Å². The smallest absolute Gasteiger partial charge is 0.236 e. The van der Waals surface area contributed by atoms with Gasteiger partial charge >= 0.3 is 0 Å². The lowest BCUT2D eigenvalue weighted by molar-refractivity contribution is -0.127. The number of likely N-dealkylation sites (N-methyl/N-ethyl adjacent to an activating group) is 1. The first-order valence-electron chi connectivity index (χ1n) is 5.63. The molecule has 96 valence electrons. The van der Waals surface area contributed by atoms with Gasteiger partial charge in [0.15, 0.2) is 0 Å². The number of benzene rings is 1. The molecule has 0 saturated carbocycles. The Balaban J connectivity index is 2.43. The number of hydrogen-bond donors (Lipinski definition) is 2. The molecule has 1 atom stereocenters. The van der Waals surface area contributed by atoms with E-state index in [0.29, 0.717) is 12.1 Å². The highest BCUT2D eigenvalue weighted by Crippen LogP contribution is 2.12. The first-order chi connectivity index (χ1) is 8.54. The van der Waals surface area contributed by atoms with E-state index in [1.807, 2.05) is 6.07 Å². The molecule has 5 nitrogen and oxygen atoms in total. The predicted octanol–water partition coefficient (Wildman–Crippen LogP) is 0.269. The number of hydrogen-bond acceptors (Lipinski definition) is 4. The fraction of sp³-hybridized carbons (Fsp3) is 0.385. The lowest BCUT2D eigenvalue weighted by atomic mass is 10.1. The summed E-state index contributed by atoms with van der Waals surface area (Å²) in [6, 6.07) is 8.74. The van der Waals surface area contributed by atoms with Crippen molar-refractivity contribution in [1.82, 2.24) is 10.2 Å². The lowest BCUT2D eigenvalue weighted by Gasteiger charge is -2.14. The Labute approximate surface area is 107 Å². The van der Waals surface area contributed by atoms with Crippen LogP contribution >= 0.6 is 0 Å². The van der Waals surface area contributed by atoms with Gasteiger partial charge in [-0.1, -0.05) is 12.1 Å². The highest BCUT2D eigenvalue weighted by atomic mass is 16.3. The molecule has 0 saturated heterocycles. The Kier molecular flexibility index (Phi) is 5.31. The number of aliphatic hydroxyl groups excluding tert-OH is 1. The van der Waals surface area contributed by atoms with Crippen molar-refractivity contribution in [3.63, 3.8) is 0 Å². The van der Waals surface area contributed by atoms with E-state index in [4.69, 9.17) is 5.26 Å². The quantitative estimate of drug-likeness (QED) is 0.783.